The lowest BCUT2D eigenvalue weighted by Gasteiger charge is -2.48. The summed E-state index contributed by atoms with van der Waals surface area (Å²) in [5, 5.41) is 3.67. The highest BCUT2D eigenvalue weighted by Crippen LogP contribution is 2.44. The third-order valence-corrected chi connectivity index (χ3v) is 4.70. The minimum atomic E-state index is 0.0235. The molecule has 1 aliphatic carbocycles. The molecule has 116 valence electrons. The number of nitrogens with one attached hydrogen (secondary N) is 1. The van der Waals surface area contributed by atoms with Crippen molar-refractivity contribution in [2.45, 2.75) is 84.8 Å². The van der Waals surface area contributed by atoms with E-state index >= 15 is 0 Å². The highest BCUT2D eigenvalue weighted by Gasteiger charge is 2.44. The molecule has 1 atom stereocenters. The molecule has 1 rings (SSSR count). The van der Waals surface area contributed by atoms with Crippen LogP contribution in [0.15, 0.2) is 0 Å². The van der Waals surface area contributed by atoms with Gasteiger partial charge in [0.2, 0.25) is 0 Å². The average molecular weight is 279 g/mol. The lowest BCUT2D eigenvalue weighted by atomic mass is 9.67. The monoisotopic (exact) mass is 279 g/mol. The minimum Gasteiger partial charge on any atom is -0.374 e. The predicted octanol–water partition coefficient (Wildman–Crippen LogP) is 4.14. The summed E-state index contributed by atoms with van der Waals surface area (Å²) >= 11 is 0. The summed E-state index contributed by atoms with van der Waals surface area (Å²) in [5.41, 5.74) is 0.496. The van der Waals surface area contributed by atoms with Crippen molar-refractivity contribution < 1.29 is 4.74 Å². The summed E-state index contributed by atoms with van der Waals surface area (Å²) in [7, 11) is 0. The number of hydrogen-bond donors (Lipinski definition) is 1. The van der Waals surface area contributed by atoms with Crippen molar-refractivity contribution in [2.75, 3.05) is 13.2 Å². The Morgan fingerprint density at radius 2 is 1.80 bits per heavy atom. The molecule has 0 saturated heterocycles. The normalized spacial score (nSPS) is 21.9. The van der Waals surface area contributed by atoms with Crippen molar-refractivity contribution >= 4 is 0 Å². The Balaban J connectivity index is 2.80. The van der Waals surface area contributed by atoms with Gasteiger partial charge in [0.1, 0.15) is 0 Å². The van der Waals surface area contributed by atoms with Crippen molar-refractivity contribution in [3.8, 4) is 11.8 Å². The van der Waals surface area contributed by atoms with Gasteiger partial charge in [-0.15, -0.1) is 11.8 Å². The second-order valence-corrected chi connectivity index (χ2v) is 6.74. The van der Waals surface area contributed by atoms with Crippen LogP contribution >= 0.6 is 0 Å². The van der Waals surface area contributed by atoms with Gasteiger partial charge in [-0.1, -0.05) is 20.8 Å². The summed E-state index contributed by atoms with van der Waals surface area (Å²) < 4.78 is 6.30. The molecule has 0 heterocycles. The lowest BCUT2D eigenvalue weighted by molar-refractivity contribution is -0.107. The van der Waals surface area contributed by atoms with E-state index in [9.17, 15) is 0 Å². The average Bonchev–Trinajstić information content (AvgIpc) is 2.41. The first-order valence-electron chi connectivity index (χ1n) is 8.26. The first-order chi connectivity index (χ1) is 9.49. The molecule has 0 bridgehead atoms. The fourth-order valence-corrected chi connectivity index (χ4v) is 3.37. The molecule has 0 aromatic carbocycles. The molecule has 2 nitrogen and oxygen atoms in total. The fraction of sp³-hybridized carbons (Fsp3) is 0.889. The molecular formula is C18H33NO. The molecule has 1 unspecified atom stereocenters. The highest BCUT2D eigenvalue weighted by molar-refractivity contribution is 5.02. The number of ether oxygens (including phenoxy) is 1. The van der Waals surface area contributed by atoms with Crippen molar-refractivity contribution in [3.63, 3.8) is 0 Å². The second-order valence-electron chi connectivity index (χ2n) is 6.74. The molecule has 1 fully saturated rings. The molecule has 0 radical (unpaired) electrons. The number of likely N-dealkylation sites (N-methyl/N-ethyl adjacent to an activating group) is 1. The zero-order chi connectivity index (χ0) is 15.1. The van der Waals surface area contributed by atoms with Gasteiger partial charge in [-0.25, -0.2) is 0 Å². The Hall–Kier alpha value is -0.520. The molecule has 0 aromatic heterocycles. The molecule has 0 spiro atoms. The van der Waals surface area contributed by atoms with Crippen LogP contribution in [-0.4, -0.2) is 24.8 Å². The third-order valence-electron chi connectivity index (χ3n) is 4.70. The summed E-state index contributed by atoms with van der Waals surface area (Å²) in [6, 6.07) is 0.435. The van der Waals surface area contributed by atoms with E-state index < -0.39 is 0 Å². The van der Waals surface area contributed by atoms with Gasteiger partial charge in [-0.3, -0.25) is 0 Å². The quantitative estimate of drug-likeness (QED) is 0.707. The van der Waals surface area contributed by atoms with Gasteiger partial charge in [0.05, 0.1) is 5.60 Å². The van der Waals surface area contributed by atoms with E-state index in [-0.39, 0.29) is 5.60 Å². The van der Waals surface area contributed by atoms with Crippen LogP contribution in [0.3, 0.4) is 0 Å². The Morgan fingerprint density at radius 1 is 1.15 bits per heavy atom. The Morgan fingerprint density at radius 3 is 2.30 bits per heavy atom. The molecule has 0 aliphatic heterocycles. The van der Waals surface area contributed by atoms with Crippen LogP contribution in [0.1, 0.15) is 73.1 Å². The number of rotatable bonds is 7. The molecule has 20 heavy (non-hydrogen) atoms. The van der Waals surface area contributed by atoms with Gasteiger partial charge in [0.25, 0.3) is 0 Å². The molecule has 1 saturated carbocycles. The zero-order valence-electron chi connectivity index (χ0n) is 14.1. The smallest absolute Gasteiger partial charge is 0.0835 e. The van der Waals surface area contributed by atoms with Crippen LogP contribution in [0, 0.1) is 17.3 Å². The van der Waals surface area contributed by atoms with Crippen LogP contribution in [-0.2, 0) is 4.74 Å². The van der Waals surface area contributed by atoms with Gasteiger partial charge in [0, 0.05) is 19.1 Å². The van der Waals surface area contributed by atoms with Crippen molar-refractivity contribution in [3.05, 3.63) is 0 Å². The maximum atomic E-state index is 6.30. The van der Waals surface area contributed by atoms with E-state index in [0.717, 1.165) is 26.0 Å². The Labute approximate surface area is 126 Å². The van der Waals surface area contributed by atoms with Gasteiger partial charge < -0.3 is 10.1 Å². The predicted molar refractivity (Wildman–Crippen MR) is 86.8 cm³/mol. The Bertz CT molecular complexity index is 327. The van der Waals surface area contributed by atoms with E-state index in [1.54, 1.807) is 0 Å². The summed E-state index contributed by atoms with van der Waals surface area (Å²) in [6.45, 7) is 12.8. The maximum Gasteiger partial charge on any atom is 0.0835 e. The molecule has 0 amide bonds. The standard InChI is InChI=1S/C18H33NO/c1-6-9-10-11-16(19-7-2)18(20-8-3)14-12-17(4,5)13-15-18/h16,19H,7-8,10-15H2,1-5H3. The van der Waals surface area contributed by atoms with Crippen molar-refractivity contribution in [1.82, 2.24) is 5.32 Å². The molecule has 0 aromatic rings. The van der Waals surface area contributed by atoms with Crippen LogP contribution in [0.5, 0.6) is 0 Å². The minimum absolute atomic E-state index is 0.0235. The molecule has 1 aliphatic rings. The molecular weight excluding hydrogens is 246 g/mol. The largest absolute Gasteiger partial charge is 0.374 e. The van der Waals surface area contributed by atoms with Crippen LogP contribution in [0.4, 0.5) is 0 Å². The van der Waals surface area contributed by atoms with Crippen LogP contribution < -0.4 is 5.32 Å². The van der Waals surface area contributed by atoms with Crippen LogP contribution in [0.25, 0.3) is 0 Å². The van der Waals surface area contributed by atoms with E-state index in [1.165, 1.54) is 25.7 Å². The molecule has 1 N–H and O–H groups in total. The van der Waals surface area contributed by atoms with Gasteiger partial charge >= 0.3 is 0 Å². The second kappa shape index (κ2) is 8.05. The van der Waals surface area contributed by atoms with E-state index in [1.807, 2.05) is 6.92 Å². The van der Waals surface area contributed by atoms with Crippen LogP contribution in [0.2, 0.25) is 0 Å². The zero-order valence-corrected chi connectivity index (χ0v) is 14.1. The number of hydrogen-bond acceptors (Lipinski definition) is 2. The van der Waals surface area contributed by atoms with Gasteiger partial charge in [0.15, 0.2) is 0 Å². The molecule has 2 heteroatoms. The first kappa shape index (κ1) is 17.5. The highest BCUT2D eigenvalue weighted by atomic mass is 16.5. The fourth-order valence-electron chi connectivity index (χ4n) is 3.37. The first-order valence-corrected chi connectivity index (χ1v) is 8.26. The summed E-state index contributed by atoms with van der Waals surface area (Å²) in [6.07, 6.45) is 6.92. The van der Waals surface area contributed by atoms with Gasteiger partial charge in [-0.2, -0.15) is 0 Å². The third kappa shape index (κ3) is 4.79. The van der Waals surface area contributed by atoms with E-state index in [0.29, 0.717) is 11.5 Å². The van der Waals surface area contributed by atoms with E-state index in [4.69, 9.17) is 4.74 Å². The van der Waals surface area contributed by atoms with Gasteiger partial charge in [-0.05, 0) is 57.9 Å². The van der Waals surface area contributed by atoms with E-state index in [2.05, 4.69) is 44.9 Å². The van der Waals surface area contributed by atoms with Crippen molar-refractivity contribution in [1.29, 1.82) is 0 Å². The maximum absolute atomic E-state index is 6.30. The summed E-state index contributed by atoms with van der Waals surface area (Å²) in [5.74, 6) is 6.21. The lowest BCUT2D eigenvalue weighted by Crippen LogP contribution is -2.55. The summed E-state index contributed by atoms with van der Waals surface area (Å²) in [4.78, 5) is 0. The van der Waals surface area contributed by atoms with Crippen molar-refractivity contribution in [2.24, 2.45) is 5.41 Å². The Kier molecular flexibility index (Phi) is 7.06. The topological polar surface area (TPSA) is 21.3 Å². The SMILES string of the molecule is CC#CCCC(NCC)C1(OCC)CCC(C)(C)CC1.